The Morgan fingerprint density at radius 3 is 2.94 bits per heavy atom. The second kappa shape index (κ2) is 4.99. The third-order valence-electron chi connectivity index (χ3n) is 2.63. The number of hydrogen-bond donors (Lipinski definition) is 1. The van der Waals surface area contributed by atoms with Crippen molar-refractivity contribution in [3.05, 3.63) is 15.4 Å². The molecular weight excluding hydrogens is 354 g/mol. The number of aromatic nitrogens is 2. The molecule has 0 radical (unpaired) electrons. The van der Waals surface area contributed by atoms with Crippen LogP contribution in [0.3, 0.4) is 0 Å². The first-order chi connectivity index (χ1) is 8.01. The van der Waals surface area contributed by atoms with Gasteiger partial charge < -0.3 is 10.1 Å². The predicted octanol–water partition coefficient (Wildman–Crippen LogP) is 2.51. The maximum absolute atomic E-state index is 12.0. The molecule has 2 rings (SSSR count). The average molecular weight is 365 g/mol. The number of nitrogens with one attached hydrogen (secondary N) is 1. The quantitative estimate of drug-likeness (QED) is 0.875. The van der Waals surface area contributed by atoms with E-state index < -0.39 is 5.60 Å². The molecule has 0 aromatic carbocycles. The minimum absolute atomic E-state index is 0.188. The standard InChI is InChI=1S/C10H11Br2N3O2/c1-10(3-2-4-17-10)9(16)15-8-7(12)14-6(11)5-13-8/h5H,2-4H2,1H3,(H,13,15,16). The van der Waals surface area contributed by atoms with E-state index in [2.05, 4.69) is 47.1 Å². The number of nitrogens with zero attached hydrogens (tertiary/aromatic N) is 2. The molecule has 1 aromatic rings. The van der Waals surface area contributed by atoms with Gasteiger partial charge in [0.2, 0.25) is 0 Å². The molecule has 5 nitrogen and oxygen atoms in total. The summed E-state index contributed by atoms with van der Waals surface area (Å²) in [7, 11) is 0. The summed E-state index contributed by atoms with van der Waals surface area (Å²) in [4.78, 5) is 20.2. The van der Waals surface area contributed by atoms with Crippen LogP contribution in [-0.4, -0.2) is 28.1 Å². The van der Waals surface area contributed by atoms with E-state index in [0.29, 0.717) is 21.6 Å². The third-order valence-corrected chi connectivity index (χ3v) is 3.57. The highest BCUT2D eigenvalue weighted by Crippen LogP contribution is 2.27. The van der Waals surface area contributed by atoms with E-state index in [-0.39, 0.29) is 5.91 Å². The first-order valence-electron chi connectivity index (χ1n) is 5.15. The van der Waals surface area contributed by atoms with Crippen LogP contribution in [0.4, 0.5) is 5.82 Å². The molecule has 0 aliphatic carbocycles. The van der Waals surface area contributed by atoms with E-state index >= 15 is 0 Å². The summed E-state index contributed by atoms with van der Waals surface area (Å²) in [5, 5.41) is 2.71. The first-order valence-corrected chi connectivity index (χ1v) is 6.73. The van der Waals surface area contributed by atoms with Crippen molar-refractivity contribution in [1.29, 1.82) is 0 Å². The molecule has 1 aliphatic rings. The van der Waals surface area contributed by atoms with Crippen LogP contribution in [0.2, 0.25) is 0 Å². The van der Waals surface area contributed by atoms with Gasteiger partial charge in [-0.2, -0.15) is 0 Å². The second-order valence-electron chi connectivity index (χ2n) is 3.97. The van der Waals surface area contributed by atoms with E-state index in [4.69, 9.17) is 4.74 Å². The Balaban J connectivity index is 2.13. The van der Waals surface area contributed by atoms with Crippen molar-refractivity contribution in [2.24, 2.45) is 0 Å². The second-order valence-corrected chi connectivity index (χ2v) is 5.53. The van der Waals surface area contributed by atoms with Crippen molar-refractivity contribution < 1.29 is 9.53 Å². The zero-order chi connectivity index (χ0) is 12.5. The molecule has 1 unspecified atom stereocenters. The monoisotopic (exact) mass is 363 g/mol. The molecule has 1 amide bonds. The van der Waals surface area contributed by atoms with E-state index in [1.807, 2.05) is 0 Å². The fourth-order valence-corrected chi connectivity index (χ4v) is 2.54. The fourth-order valence-electron chi connectivity index (χ4n) is 1.63. The van der Waals surface area contributed by atoms with Crippen LogP contribution < -0.4 is 5.32 Å². The van der Waals surface area contributed by atoms with Crippen LogP contribution >= 0.6 is 31.9 Å². The molecule has 1 aliphatic heterocycles. The van der Waals surface area contributed by atoms with Crippen LogP contribution in [0.5, 0.6) is 0 Å². The lowest BCUT2D eigenvalue weighted by atomic mass is 10.0. The fraction of sp³-hybridized carbons (Fsp3) is 0.500. The van der Waals surface area contributed by atoms with Crippen molar-refractivity contribution in [3.8, 4) is 0 Å². The molecule has 0 spiro atoms. The van der Waals surface area contributed by atoms with Gasteiger partial charge >= 0.3 is 0 Å². The summed E-state index contributed by atoms with van der Waals surface area (Å²) < 4.78 is 6.54. The molecule has 1 aromatic heterocycles. The van der Waals surface area contributed by atoms with Gasteiger partial charge in [-0.1, -0.05) is 0 Å². The molecule has 1 fully saturated rings. The predicted molar refractivity (Wildman–Crippen MR) is 69.7 cm³/mol. The van der Waals surface area contributed by atoms with Crippen molar-refractivity contribution in [2.75, 3.05) is 11.9 Å². The summed E-state index contributed by atoms with van der Waals surface area (Å²) in [5.41, 5.74) is -0.756. The normalized spacial score (nSPS) is 23.7. The number of halogens is 2. The number of rotatable bonds is 2. The van der Waals surface area contributed by atoms with Crippen LogP contribution in [-0.2, 0) is 9.53 Å². The topological polar surface area (TPSA) is 64.1 Å². The maximum Gasteiger partial charge on any atom is 0.257 e. The Morgan fingerprint density at radius 1 is 1.59 bits per heavy atom. The molecule has 0 saturated carbocycles. The van der Waals surface area contributed by atoms with E-state index in [9.17, 15) is 4.79 Å². The van der Waals surface area contributed by atoms with E-state index in [1.165, 1.54) is 6.20 Å². The lowest BCUT2D eigenvalue weighted by Gasteiger charge is -2.21. The molecule has 1 atom stereocenters. The van der Waals surface area contributed by atoms with E-state index in [0.717, 1.165) is 12.8 Å². The Morgan fingerprint density at radius 2 is 2.35 bits per heavy atom. The zero-order valence-electron chi connectivity index (χ0n) is 9.17. The maximum atomic E-state index is 12.0. The highest BCUT2D eigenvalue weighted by Gasteiger charge is 2.38. The van der Waals surface area contributed by atoms with Crippen LogP contribution in [0, 0.1) is 0 Å². The van der Waals surface area contributed by atoms with Crippen LogP contribution in [0.1, 0.15) is 19.8 Å². The Labute approximate surface area is 116 Å². The Hall–Kier alpha value is -0.530. The van der Waals surface area contributed by atoms with Crippen LogP contribution in [0.15, 0.2) is 15.4 Å². The average Bonchev–Trinajstić information content (AvgIpc) is 2.71. The third kappa shape index (κ3) is 2.83. The van der Waals surface area contributed by atoms with Crippen molar-refractivity contribution in [3.63, 3.8) is 0 Å². The summed E-state index contributed by atoms with van der Waals surface area (Å²) in [5.74, 6) is 0.210. The van der Waals surface area contributed by atoms with Gasteiger partial charge in [0, 0.05) is 6.61 Å². The molecule has 7 heteroatoms. The summed E-state index contributed by atoms with van der Waals surface area (Å²) >= 11 is 6.44. The van der Waals surface area contributed by atoms with Gasteiger partial charge in [0.25, 0.3) is 5.91 Å². The summed E-state index contributed by atoms with van der Waals surface area (Å²) in [6.45, 7) is 2.41. The summed E-state index contributed by atoms with van der Waals surface area (Å²) in [6.07, 6.45) is 3.15. The number of anilines is 1. The smallest absolute Gasteiger partial charge is 0.257 e. The van der Waals surface area contributed by atoms with Gasteiger partial charge in [-0.05, 0) is 51.6 Å². The van der Waals surface area contributed by atoms with Crippen LogP contribution in [0.25, 0.3) is 0 Å². The molecule has 2 heterocycles. The number of carbonyl (C=O) groups is 1. The van der Waals surface area contributed by atoms with Gasteiger partial charge in [-0.25, -0.2) is 9.97 Å². The van der Waals surface area contributed by atoms with Gasteiger partial charge in [0.15, 0.2) is 5.82 Å². The molecule has 1 saturated heterocycles. The lowest BCUT2D eigenvalue weighted by molar-refractivity contribution is -0.133. The largest absolute Gasteiger partial charge is 0.365 e. The van der Waals surface area contributed by atoms with Crippen molar-refractivity contribution in [1.82, 2.24) is 9.97 Å². The summed E-state index contributed by atoms with van der Waals surface area (Å²) in [6, 6.07) is 0. The van der Waals surface area contributed by atoms with Gasteiger partial charge in [0.05, 0.1) is 6.20 Å². The molecule has 92 valence electrons. The highest BCUT2D eigenvalue weighted by atomic mass is 79.9. The number of carbonyl (C=O) groups excluding carboxylic acids is 1. The van der Waals surface area contributed by atoms with Crippen molar-refractivity contribution in [2.45, 2.75) is 25.4 Å². The molecule has 1 N–H and O–H groups in total. The van der Waals surface area contributed by atoms with Gasteiger partial charge in [0.1, 0.15) is 14.8 Å². The van der Waals surface area contributed by atoms with Gasteiger partial charge in [-0.3, -0.25) is 4.79 Å². The lowest BCUT2D eigenvalue weighted by Crippen LogP contribution is -2.39. The highest BCUT2D eigenvalue weighted by molar-refractivity contribution is 9.11. The number of amides is 1. The number of ether oxygens (including phenoxy) is 1. The zero-order valence-corrected chi connectivity index (χ0v) is 12.3. The Bertz CT molecular complexity index is 447. The molecule has 0 bridgehead atoms. The SMILES string of the molecule is CC1(C(=O)Nc2ncc(Br)nc2Br)CCCO1. The minimum Gasteiger partial charge on any atom is -0.365 e. The minimum atomic E-state index is -0.756. The molecular formula is C10H11Br2N3O2. The number of hydrogen-bond acceptors (Lipinski definition) is 4. The molecule has 17 heavy (non-hydrogen) atoms. The van der Waals surface area contributed by atoms with Crippen molar-refractivity contribution >= 4 is 43.6 Å². The van der Waals surface area contributed by atoms with E-state index in [1.54, 1.807) is 6.92 Å². The Kier molecular flexibility index (Phi) is 3.79. The van der Waals surface area contributed by atoms with Gasteiger partial charge in [-0.15, -0.1) is 0 Å². The first kappa shape index (κ1) is 12.9.